The average molecular weight is 299 g/mol. The molecule has 0 amide bonds. The highest BCUT2D eigenvalue weighted by atomic mass is 19.4. The molecule has 2 aromatic rings. The Morgan fingerprint density at radius 3 is 2.76 bits per heavy atom. The Morgan fingerprint density at radius 1 is 1.33 bits per heavy atom. The third-order valence-electron chi connectivity index (χ3n) is 2.95. The van der Waals surface area contributed by atoms with E-state index < -0.39 is 11.7 Å². The van der Waals surface area contributed by atoms with Gasteiger partial charge in [0.25, 0.3) is 0 Å². The number of hydrogen-bond acceptors (Lipinski definition) is 4. The molecule has 0 saturated heterocycles. The van der Waals surface area contributed by atoms with E-state index in [-0.39, 0.29) is 17.4 Å². The minimum Gasteiger partial charge on any atom is -0.339 e. The van der Waals surface area contributed by atoms with E-state index >= 15 is 0 Å². The van der Waals surface area contributed by atoms with Gasteiger partial charge in [0.2, 0.25) is 11.7 Å². The molecule has 114 valence electrons. The highest BCUT2D eigenvalue weighted by molar-refractivity contribution is 5.55. The maximum absolute atomic E-state index is 12.7. The number of alkyl halides is 3. The number of rotatable bonds is 5. The van der Waals surface area contributed by atoms with Crippen molar-refractivity contribution in [1.82, 2.24) is 15.5 Å². The number of benzene rings is 1. The monoisotopic (exact) mass is 299 g/mol. The van der Waals surface area contributed by atoms with E-state index in [0.717, 1.165) is 18.7 Å². The predicted octanol–water partition coefficient (Wildman–Crippen LogP) is 3.30. The van der Waals surface area contributed by atoms with Crippen molar-refractivity contribution in [3.05, 3.63) is 35.7 Å². The summed E-state index contributed by atoms with van der Waals surface area (Å²) in [5.74, 6) is 0.565. The van der Waals surface area contributed by atoms with Crippen LogP contribution in [0.5, 0.6) is 0 Å². The van der Waals surface area contributed by atoms with Gasteiger partial charge in [0, 0.05) is 18.0 Å². The van der Waals surface area contributed by atoms with Crippen molar-refractivity contribution in [3.63, 3.8) is 0 Å². The summed E-state index contributed by atoms with van der Waals surface area (Å²) in [5.41, 5.74) is -0.441. The third kappa shape index (κ3) is 4.04. The molecule has 0 spiro atoms. The molecule has 1 aromatic heterocycles. The van der Waals surface area contributed by atoms with Crippen molar-refractivity contribution >= 4 is 0 Å². The topological polar surface area (TPSA) is 51.0 Å². The first-order valence-corrected chi connectivity index (χ1v) is 6.63. The van der Waals surface area contributed by atoms with Gasteiger partial charge >= 0.3 is 6.18 Å². The fraction of sp³-hybridized carbons (Fsp3) is 0.429. The van der Waals surface area contributed by atoms with Gasteiger partial charge in [-0.25, -0.2) is 0 Å². The molecular formula is C14H16F3N3O. The summed E-state index contributed by atoms with van der Waals surface area (Å²) < 4.78 is 43.1. The minimum atomic E-state index is -4.39. The van der Waals surface area contributed by atoms with Crippen LogP contribution in [0, 0.1) is 0 Å². The van der Waals surface area contributed by atoms with Crippen molar-refractivity contribution in [3.8, 4) is 11.4 Å². The summed E-state index contributed by atoms with van der Waals surface area (Å²) in [7, 11) is 0. The van der Waals surface area contributed by atoms with E-state index in [2.05, 4.69) is 15.5 Å². The SMILES string of the molecule is CCNC(C)Cc1nc(-c2cccc(C(F)(F)F)c2)no1. The number of nitrogens with zero attached hydrogens (tertiary/aromatic N) is 2. The van der Waals surface area contributed by atoms with Gasteiger partial charge in [-0.3, -0.25) is 0 Å². The molecule has 2 rings (SSSR count). The van der Waals surface area contributed by atoms with E-state index in [0.29, 0.717) is 12.3 Å². The molecule has 21 heavy (non-hydrogen) atoms. The molecule has 7 heteroatoms. The lowest BCUT2D eigenvalue weighted by Crippen LogP contribution is -2.27. The van der Waals surface area contributed by atoms with Crippen LogP contribution in [0.15, 0.2) is 28.8 Å². The summed E-state index contributed by atoms with van der Waals surface area (Å²) in [6.07, 6.45) is -3.86. The highest BCUT2D eigenvalue weighted by Gasteiger charge is 2.30. The molecule has 0 aliphatic heterocycles. The quantitative estimate of drug-likeness (QED) is 0.920. The number of halogens is 3. The van der Waals surface area contributed by atoms with E-state index in [9.17, 15) is 13.2 Å². The van der Waals surface area contributed by atoms with Crippen molar-refractivity contribution < 1.29 is 17.7 Å². The molecule has 0 radical (unpaired) electrons. The molecule has 1 atom stereocenters. The van der Waals surface area contributed by atoms with Gasteiger partial charge < -0.3 is 9.84 Å². The maximum atomic E-state index is 12.7. The molecule has 1 heterocycles. The third-order valence-corrected chi connectivity index (χ3v) is 2.95. The Morgan fingerprint density at radius 2 is 2.10 bits per heavy atom. The van der Waals surface area contributed by atoms with Crippen molar-refractivity contribution in [1.29, 1.82) is 0 Å². The maximum Gasteiger partial charge on any atom is 0.416 e. The zero-order valence-corrected chi connectivity index (χ0v) is 11.7. The van der Waals surface area contributed by atoms with Crippen molar-refractivity contribution in [2.24, 2.45) is 0 Å². The van der Waals surface area contributed by atoms with E-state index in [1.807, 2.05) is 13.8 Å². The summed E-state index contributed by atoms with van der Waals surface area (Å²) in [5, 5.41) is 6.94. The molecular weight excluding hydrogens is 283 g/mol. The first-order valence-electron chi connectivity index (χ1n) is 6.63. The van der Waals surface area contributed by atoms with Gasteiger partial charge in [0.15, 0.2) is 0 Å². The Bertz CT molecular complexity index is 595. The lowest BCUT2D eigenvalue weighted by molar-refractivity contribution is -0.137. The molecule has 1 unspecified atom stereocenters. The normalized spacial score (nSPS) is 13.4. The second-order valence-corrected chi connectivity index (χ2v) is 4.75. The Kier molecular flexibility index (Phi) is 4.62. The molecule has 0 aliphatic rings. The zero-order valence-electron chi connectivity index (χ0n) is 11.7. The molecule has 0 aliphatic carbocycles. The van der Waals surface area contributed by atoms with Crippen molar-refractivity contribution in [2.45, 2.75) is 32.5 Å². The standard InChI is InChI=1S/C14H16F3N3O/c1-3-18-9(2)7-12-19-13(20-21-12)10-5-4-6-11(8-10)14(15,16)17/h4-6,8-9,18H,3,7H2,1-2H3. The van der Waals surface area contributed by atoms with Crippen LogP contribution in [0.3, 0.4) is 0 Å². The zero-order chi connectivity index (χ0) is 15.5. The van der Waals surface area contributed by atoms with E-state index in [1.54, 1.807) is 0 Å². The van der Waals surface area contributed by atoms with Gasteiger partial charge in [-0.15, -0.1) is 0 Å². The average Bonchev–Trinajstić information content (AvgIpc) is 2.86. The summed E-state index contributed by atoms with van der Waals surface area (Å²) in [6.45, 7) is 4.77. The lowest BCUT2D eigenvalue weighted by Gasteiger charge is -2.08. The van der Waals surface area contributed by atoms with Crippen LogP contribution in [0.2, 0.25) is 0 Å². The molecule has 0 bridgehead atoms. The fourth-order valence-corrected chi connectivity index (χ4v) is 1.97. The lowest BCUT2D eigenvalue weighted by atomic mass is 10.1. The first-order chi connectivity index (χ1) is 9.90. The number of nitrogens with one attached hydrogen (secondary N) is 1. The van der Waals surface area contributed by atoms with Crippen LogP contribution in [0.25, 0.3) is 11.4 Å². The van der Waals surface area contributed by atoms with Crippen LogP contribution in [0.1, 0.15) is 25.3 Å². The molecule has 1 N–H and O–H groups in total. The van der Waals surface area contributed by atoms with Crippen LogP contribution in [0.4, 0.5) is 13.2 Å². The van der Waals surface area contributed by atoms with Gasteiger partial charge in [0.05, 0.1) is 5.56 Å². The summed E-state index contributed by atoms with van der Waals surface area (Å²) in [6, 6.07) is 5.04. The number of hydrogen-bond donors (Lipinski definition) is 1. The van der Waals surface area contributed by atoms with Gasteiger partial charge in [-0.2, -0.15) is 18.2 Å². The number of likely N-dealkylation sites (N-methyl/N-ethyl adjacent to an activating group) is 1. The summed E-state index contributed by atoms with van der Waals surface area (Å²) in [4.78, 5) is 4.14. The van der Waals surface area contributed by atoms with Crippen LogP contribution >= 0.6 is 0 Å². The second-order valence-electron chi connectivity index (χ2n) is 4.75. The molecule has 0 saturated carbocycles. The van der Waals surface area contributed by atoms with Crippen LogP contribution in [-0.2, 0) is 12.6 Å². The van der Waals surface area contributed by atoms with E-state index in [1.165, 1.54) is 12.1 Å². The Balaban J connectivity index is 2.18. The molecule has 4 nitrogen and oxygen atoms in total. The second kappa shape index (κ2) is 6.26. The first kappa shape index (κ1) is 15.5. The predicted molar refractivity (Wildman–Crippen MR) is 71.6 cm³/mol. The van der Waals surface area contributed by atoms with Crippen molar-refractivity contribution in [2.75, 3.05) is 6.54 Å². The van der Waals surface area contributed by atoms with Crippen LogP contribution in [-0.4, -0.2) is 22.7 Å². The van der Waals surface area contributed by atoms with Gasteiger partial charge in [-0.05, 0) is 25.6 Å². The largest absolute Gasteiger partial charge is 0.416 e. The smallest absolute Gasteiger partial charge is 0.339 e. The van der Waals surface area contributed by atoms with Gasteiger partial charge in [-0.1, -0.05) is 24.2 Å². The number of aromatic nitrogens is 2. The molecule has 0 fully saturated rings. The van der Waals surface area contributed by atoms with E-state index in [4.69, 9.17) is 4.52 Å². The fourth-order valence-electron chi connectivity index (χ4n) is 1.97. The molecule has 1 aromatic carbocycles. The highest BCUT2D eigenvalue weighted by Crippen LogP contribution is 2.31. The van der Waals surface area contributed by atoms with Gasteiger partial charge in [0.1, 0.15) is 0 Å². The Hall–Kier alpha value is -1.89. The van der Waals surface area contributed by atoms with Crippen LogP contribution < -0.4 is 5.32 Å². The Labute approximate surface area is 120 Å². The summed E-state index contributed by atoms with van der Waals surface area (Å²) >= 11 is 0. The minimum absolute atomic E-state index is 0.157.